The molecule has 0 fully saturated rings. The molecule has 1 heterocycles. The molecule has 8 heavy (non-hydrogen) atoms. The standard InChI is InChI=1S/C5H9N3/c1-4-3-8(2)7-5(4)6/h3H,1-2H3,(H2,6,7)/p+1. The molecular weight excluding hydrogens is 102 g/mol. The first-order valence-electron chi connectivity index (χ1n) is 2.51. The third-order valence-electron chi connectivity index (χ3n) is 1.11. The fourth-order valence-corrected chi connectivity index (χ4v) is 0.670. The second kappa shape index (κ2) is 1.51. The number of nitrogen functional groups attached to an aromatic ring is 1. The van der Waals surface area contributed by atoms with Crippen molar-refractivity contribution in [1.29, 1.82) is 0 Å². The zero-order chi connectivity index (χ0) is 6.15. The van der Waals surface area contributed by atoms with E-state index in [2.05, 4.69) is 5.10 Å². The van der Waals surface area contributed by atoms with Crippen LogP contribution < -0.4 is 10.4 Å². The van der Waals surface area contributed by atoms with E-state index < -0.39 is 0 Å². The van der Waals surface area contributed by atoms with Crippen molar-refractivity contribution in [2.75, 3.05) is 5.73 Å². The number of hydrogen-bond acceptors (Lipinski definition) is 1. The molecule has 0 aliphatic heterocycles. The topological polar surface area (TPSA) is 45.7 Å². The highest BCUT2D eigenvalue weighted by molar-refractivity contribution is 5.32. The van der Waals surface area contributed by atoms with Gasteiger partial charge in [-0.2, -0.15) is 0 Å². The van der Waals surface area contributed by atoms with Crippen LogP contribution in [0.2, 0.25) is 0 Å². The Labute approximate surface area is 48.1 Å². The lowest BCUT2D eigenvalue weighted by molar-refractivity contribution is -0.726. The molecule has 0 saturated carbocycles. The molecule has 3 N–H and O–H groups in total. The van der Waals surface area contributed by atoms with Crippen molar-refractivity contribution in [3.05, 3.63) is 11.8 Å². The van der Waals surface area contributed by atoms with Gasteiger partial charge < -0.3 is 5.73 Å². The quantitative estimate of drug-likeness (QED) is 0.446. The van der Waals surface area contributed by atoms with Gasteiger partial charge in [0.15, 0.2) is 19.1 Å². The Hall–Kier alpha value is -0.990. The van der Waals surface area contributed by atoms with E-state index in [4.69, 9.17) is 5.73 Å². The Kier molecular flexibility index (Phi) is 0.970. The molecule has 0 bridgehead atoms. The third-order valence-corrected chi connectivity index (χ3v) is 1.11. The number of aryl methyl sites for hydroxylation is 2. The molecule has 1 aromatic rings. The number of nitrogens with one attached hydrogen (secondary N) is 1. The van der Waals surface area contributed by atoms with Crippen LogP contribution in [-0.2, 0) is 7.05 Å². The average Bonchev–Trinajstić information content (AvgIpc) is 1.85. The maximum atomic E-state index is 5.46. The molecule has 0 aliphatic carbocycles. The second-order valence-corrected chi connectivity index (χ2v) is 1.95. The van der Waals surface area contributed by atoms with Crippen LogP contribution in [0.5, 0.6) is 0 Å². The van der Waals surface area contributed by atoms with Crippen LogP contribution in [0.3, 0.4) is 0 Å². The number of anilines is 1. The Morgan fingerprint density at radius 2 is 2.38 bits per heavy atom. The number of nitrogens with two attached hydrogens (primary N) is 1. The molecule has 0 atom stereocenters. The summed E-state index contributed by atoms with van der Waals surface area (Å²) in [5, 5.41) is 2.90. The minimum Gasteiger partial charge on any atom is -0.381 e. The Morgan fingerprint density at radius 1 is 1.75 bits per heavy atom. The molecular formula is C5H10N3+. The maximum Gasteiger partial charge on any atom is 0.200 e. The van der Waals surface area contributed by atoms with Gasteiger partial charge in [-0.1, -0.05) is 0 Å². The predicted molar refractivity (Wildman–Crippen MR) is 31.1 cm³/mol. The number of aromatic amines is 1. The first-order chi connectivity index (χ1) is 3.70. The fraction of sp³-hybridized carbons (Fsp3) is 0.400. The van der Waals surface area contributed by atoms with Crippen LogP contribution in [0, 0.1) is 6.92 Å². The summed E-state index contributed by atoms with van der Waals surface area (Å²) < 4.78 is 1.82. The molecule has 1 aromatic heterocycles. The van der Waals surface area contributed by atoms with Gasteiger partial charge in [-0.25, -0.2) is 0 Å². The molecule has 0 aromatic carbocycles. The van der Waals surface area contributed by atoms with Crippen molar-refractivity contribution in [3.8, 4) is 0 Å². The Morgan fingerprint density at radius 3 is 2.50 bits per heavy atom. The van der Waals surface area contributed by atoms with Crippen LogP contribution >= 0.6 is 0 Å². The molecule has 3 heteroatoms. The summed E-state index contributed by atoms with van der Waals surface area (Å²) in [5.74, 6) is 0.743. The van der Waals surface area contributed by atoms with E-state index in [1.165, 1.54) is 0 Å². The first-order valence-corrected chi connectivity index (χ1v) is 2.51. The van der Waals surface area contributed by atoms with Gasteiger partial charge in [0.25, 0.3) is 0 Å². The van der Waals surface area contributed by atoms with Gasteiger partial charge >= 0.3 is 0 Å². The lowest BCUT2D eigenvalue weighted by Crippen LogP contribution is -2.28. The van der Waals surface area contributed by atoms with Gasteiger partial charge in [-0.3, -0.25) is 0 Å². The SMILES string of the molecule is Cc1c[n+](C)[nH]c1N. The van der Waals surface area contributed by atoms with Gasteiger partial charge in [0.05, 0.1) is 5.56 Å². The van der Waals surface area contributed by atoms with Crippen molar-refractivity contribution in [1.82, 2.24) is 5.10 Å². The van der Waals surface area contributed by atoms with Crippen LogP contribution in [0.15, 0.2) is 6.20 Å². The molecule has 3 nitrogen and oxygen atoms in total. The Balaban J connectivity index is 3.14. The smallest absolute Gasteiger partial charge is 0.200 e. The van der Waals surface area contributed by atoms with Crippen molar-refractivity contribution in [2.45, 2.75) is 6.92 Å². The molecule has 0 amide bonds. The van der Waals surface area contributed by atoms with Gasteiger partial charge in [-0.15, -0.1) is 9.78 Å². The van der Waals surface area contributed by atoms with Crippen molar-refractivity contribution < 1.29 is 4.68 Å². The fourth-order valence-electron chi connectivity index (χ4n) is 0.670. The second-order valence-electron chi connectivity index (χ2n) is 1.95. The van der Waals surface area contributed by atoms with Crippen LogP contribution in [0.4, 0.5) is 5.82 Å². The highest BCUT2D eigenvalue weighted by Gasteiger charge is 2.00. The van der Waals surface area contributed by atoms with E-state index in [0.717, 1.165) is 11.4 Å². The summed E-state index contributed by atoms with van der Waals surface area (Å²) in [6.45, 7) is 1.96. The summed E-state index contributed by atoms with van der Waals surface area (Å²) in [7, 11) is 1.91. The minimum absolute atomic E-state index is 0.743. The number of hydrogen-bond donors (Lipinski definition) is 2. The summed E-state index contributed by atoms with van der Waals surface area (Å²) in [6.07, 6.45) is 1.94. The van der Waals surface area contributed by atoms with E-state index in [-0.39, 0.29) is 0 Å². The zero-order valence-electron chi connectivity index (χ0n) is 5.10. The van der Waals surface area contributed by atoms with Gasteiger partial charge in [0.1, 0.15) is 0 Å². The number of rotatable bonds is 0. The monoisotopic (exact) mass is 112 g/mol. The molecule has 0 unspecified atom stereocenters. The van der Waals surface area contributed by atoms with E-state index in [9.17, 15) is 0 Å². The highest BCUT2D eigenvalue weighted by Crippen LogP contribution is 1.98. The van der Waals surface area contributed by atoms with Crippen molar-refractivity contribution >= 4 is 5.82 Å². The first kappa shape index (κ1) is 5.15. The van der Waals surface area contributed by atoms with E-state index >= 15 is 0 Å². The molecule has 44 valence electrons. The predicted octanol–water partition coefficient (Wildman–Crippen LogP) is -0.270. The summed E-state index contributed by atoms with van der Waals surface area (Å²) in [5.41, 5.74) is 6.55. The minimum atomic E-state index is 0.743. The molecule has 0 radical (unpaired) electrons. The highest BCUT2D eigenvalue weighted by atomic mass is 15.3. The lowest BCUT2D eigenvalue weighted by atomic mass is 10.4. The van der Waals surface area contributed by atoms with Crippen molar-refractivity contribution in [3.63, 3.8) is 0 Å². The van der Waals surface area contributed by atoms with Gasteiger partial charge in [-0.05, 0) is 6.92 Å². The van der Waals surface area contributed by atoms with E-state index in [1.807, 2.05) is 24.9 Å². The molecule has 0 spiro atoms. The largest absolute Gasteiger partial charge is 0.381 e. The van der Waals surface area contributed by atoms with Crippen LogP contribution in [0.25, 0.3) is 0 Å². The zero-order valence-corrected chi connectivity index (χ0v) is 5.10. The molecule has 0 saturated heterocycles. The van der Waals surface area contributed by atoms with E-state index in [1.54, 1.807) is 0 Å². The maximum absolute atomic E-state index is 5.46. The summed E-state index contributed by atoms with van der Waals surface area (Å²) >= 11 is 0. The van der Waals surface area contributed by atoms with Crippen molar-refractivity contribution in [2.24, 2.45) is 7.05 Å². The number of aromatic nitrogens is 2. The summed E-state index contributed by atoms with van der Waals surface area (Å²) in [4.78, 5) is 0. The molecule has 1 rings (SSSR count). The van der Waals surface area contributed by atoms with Gasteiger partial charge in [0.2, 0.25) is 0 Å². The lowest BCUT2D eigenvalue weighted by Gasteiger charge is -1.76. The van der Waals surface area contributed by atoms with Crippen LogP contribution in [0.1, 0.15) is 5.56 Å². The molecule has 0 aliphatic rings. The van der Waals surface area contributed by atoms with Gasteiger partial charge in [0, 0.05) is 0 Å². The Bertz CT molecular complexity index is 170. The van der Waals surface area contributed by atoms with E-state index in [0.29, 0.717) is 0 Å². The average molecular weight is 112 g/mol. The summed E-state index contributed by atoms with van der Waals surface area (Å²) in [6, 6.07) is 0. The number of nitrogens with zero attached hydrogens (tertiary/aromatic N) is 1. The third kappa shape index (κ3) is 0.665. The van der Waals surface area contributed by atoms with Crippen LogP contribution in [-0.4, -0.2) is 5.10 Å². The number of H-pyrrole nitrogens is 1. The normalized spacial score (nSPS) is 9.75.